The highest BCUT2D eigenvalue weighted by molar-refractivity contribution is 5.86. The summed E-state index contributed by atoms with van der Waals surface area (Å²) in [5.74, 6) is 13.6. The van der Waals surface area contributed by atoms with E-state index in [1.807, 2.05) is 32.2 Å². The van der Waals surface area contributed by atoms with Crippen molar-refractivity contribution in [3.05, 3.63) is 59.1 Å². The molecule has 2 fully saturated rings. The molecule has 3 aromatic rings. The summed E-state index contributed by atoms with van der Waals surface area (Å²) in [5, 5.41) is 15.1. The first-order valence-corrected chi connectivity index (χ1v) is 16.1. The zero-order valence-corrected chi connectivity index (χ0v) is 27.6. The van der Waals surface area contributed by atoms with Gasteiger partial charge in [-0.25, -0.2) is 14.8 Å². The molecule has 0 saturated carbocycles. The van der Waals surface area contributed by atoms with E-state index in [0.29, 0.717) is 12.4 Å². The Morgan fingerprint density at radius 3 is 2.61 bits per heavy atom. The summed E-state index contributed by atoms with van der Waals surface area (Å²) in [6.45, 7) is 7.47. The predicted octanol–water partition coefficient (Wildman–Crippen LogP) is 5.74. The highest BCUT2D eigenvalue weighted by atomic mass is 35.5. The molecule has 2 aromatic heterocycles. The average Bonchev–Trinajstić information content (AvgIpc) is 3.85. The number of aryl methyl sites for hydroxylation is 1. The Balaban J connectivity index is 0.00000480. The van der Waals surface area contributed by atoms with Crippen molar-refractivity contribution in [3.8, 4) is 34.9 Å². The van der Waals surface area contributed by atoms with Gasteiger partial charge in [0.05, 0.1) is 30.2 Å². The highest BCUT2D eigenvalue weighted by Crippen LogP contribution is 2.33. The van der Waals surface area contributed by atoms with Crippen LogP contribution in [0.1, 0.15) is 106 Å². The molecule has 5 N–H and O–H groups in total. The van der Waals surface area contributed by atoms with Crippen LogP contribution in [0.2, 0.25) is 0 Å². The van der Waals surface area contributed by atoms with Gasteiger partial charge in [-0.15, -0.1) is 12.4 Å². The van der Waals surface area contributed by atoms with E-state index in [1.165, 1.54) is 5.56 Å². The first kappa shape index (κ1) is 34.6. The van der Waals surface area contributed by atoms with Crippen LogP contribution in [0.15, 0.2) is 30.6 Å². The zero-order valence-electron chi connectivity index (χ0n) is 26.8. The van der Waals surface area contributed by atoms with Gasteiger partial charge in [-0.05, 0) is 92.0 Å². The Bertz CT molecular complexity index is 1620. The van der Waals surface area contributed by atoms with E-state index < -0.39 is 12.1 Å². The smallest absolute Gasteiger partial charge is 0.405 e. The van der Waals surface area contributed by atoms with Crippen LogP contribution in [-0.4, -0.2) is 61.1 Å². The highest BCUT2D eigenvalue weighted by Gasteiger charge is 2.37. The van der Waals surface area contributed by atoms with Gasteiger partial charge in [0.25, 0.3) is 0 Å². The van der Waals surface area contributed by atoms with Gasteiger partial charge in [-0.3, -0.25) is 4.79 Å². The van der Waals surface area contributed by atoms with Crippen molar-refractivity contribution in [2.75, 3.05) is 13.1 Å². The maximum Gasteiger partial charge on any atom is 0.405 e. The van der Waals surface area contributed by atoms with E-state index in [4.69, 9.17) is 0 Å². The molecule has 11 heteroatoms. The summed E-state index contributed by atoms with van der Waals surface area (Å²) in [6, 6.07) is 5.51. The Morgan fingerprint density at radius 1 is 1.07 bits per heavy atom. The molecule has 0 aliphatic carbocycles. The molecule has 2 aliphatic heterocycles. The van der Waals surface area contributed by atoms with Gasteiger partial charge in [-0.1, -0.05) is 45.6 Å². The van der Waals surface area contributed by atoms with Crippen LogP contribution in [0.5, 0.6) is 0 Å². The molecule has 10 nitrogen and oxygen atoms in total. The third-order valence-corrected chi connectivity index (χ3v) is 8.57. The lowest BCUT2D eigenvalue weighted by atomic mass is 9.98. The molecule has 0 bridgehead atoms. The third-order valence-electron chi connectivity index (χ3n) is 8.57. The number of carbonyl (C=O) groups is 2. The number of carbonyl (C=O) groups excluding carboxylic acids is 1. The second-order valence-corrected chi connectivity index (χ2v) is 12.2. The van der Waals surface area contributed by atoms with Crippen LogP contribution < -0.4 is 10.6 Å². The number of nitrogens with one attached hydrogen (secondary N) is 4. The number of imidazole rings is 2. The molecule has 2 aliphatic rings. The number of halogens is 1. The largest absolute Gasteiger partial charge is 0.465 e. The lowest BCUT2D eigenvalue weighted by Gasteiger charge is -2.29. The van der Waals surface area contributed by atoms with Gasteiger partial charge in [-0.2, -0.15) is 0 Å². The van der Waals surface area contributed by atoms with Crippen LogP contribution in [0.3, 0.4) is 0 Å². The Morgan fingerprint density at radius 2 is 1.87 bits per heavy atom. The number of nitrogens with zero attached hydrogens (tertiary/aromatic N) is 3. The van der Waals surface area contributed by atoms with Gasteiger partial charge in [0.1, 0.15) is 23.4 Å². The molecule has 0 radical (unpaired) electrons. The van der Waals surface area contributed by atoms with Gasteiger partial charge < -0.3 is 30.6 Å². The second-order valence-electron chi connectivity index (χ2n) is 12.2. The molecule has 1 aromatic carbocycles. The fraction of sp³-hybridized carbons (Fsp3) is 0.486. The average molecular weight is 646 g/mol. The van der Waals surface area contributed by atoms with Crippen molar-refractivity contribution in [1.29, 1.82) is 0 Å². The van der Waals surface area contributed by atoms with Gasteiger partial charge in [0.2, 0.25) is 5.91 Å². The number of aromatic amines is 2. The van der Waals surface area contributed by atoms with Crippen molar-refractivity contribution in [2.45, 2.75) is 90.3 Å². The van der Waals surface area contributed by atoms with Crippen LogP contribution >= 0.6 is 12.4 Å². The lowest BCUT2D eigenvalue weighted by Crippen LogP contribution is -2.50. The van der Waals surface area contributed by atoms with Crippen molar-refractivity contribution in [3.63, 3.8) is 0 Å². The summed E-state index contributed by atoms with van der Waals surface area (Å²) in [5.41, 5.74) is 4.77. The lowest BCUT2D eigenvalue weighted by molar-refractivity contribution is -0.135. The number of aromatic nitrogens is 4. The van der Waals surface area contributed by atoms with Crippen LogP contribution in [0.25, 0.3) is 11.3 Å². The minimum absolute atomic E-state index is 0. The fourth-order valence-electron chi connectivity index (χ4n) is 6.14. The summed E-state index contributed by atoms with van der Waals surface area (Å²) < 4.78 is 0. The quantitative estimate of drug-likeness (QED) is 0.141. The molecule has 0 spiro atoms. The number of likely N-dealkylation sites (tertiary alicyclic amines) is 1. The monoisotopic (exact) mass is 645 g/mol. The van der Waals surface area contributed by atoms with Gasteiger partial charge in [0, 0.05) is 12.1 Å². The van der Waals surface area contributed by atoms with E-state index in [1.54, 1.807) is 11.1 Å². The Kier molecular flexibility index (Phi) is 12.3. The number of H-pyrrole nitrogens is 2. The van der Waals surface area contributed by atoms with Crippen molar-refractivity contribution in [2.24, 2.45) is 5.92 Å². The number of hydrogen-bond donors (Lipinski definition) is 5. The fourth-order valence-corrected chi connectivity index (χ4v) is 6.14. The van der Waals surface area contributed by atoms with E-state index >= 15 is 0 Å². The number of hydrogen-bond acceptors (Lipinski definition) is 5. The van der Waals surface area contributed by atoms with Crippen molar-refractivity contribution >= 4 is 24.4 Å². The summed E-state index contributed by atoms with van der Waals surface area (Å²) >= 11 is 0. The molecule has 244 valence electrons. The number of rotatable bonds is 10. The van der Waals surface area contributed by atoms with E-state index in [2.05, 4.69) is 67.2 Å². The third kappa shape index (κ3) is 8.51. The predicted molar refractivity (Wildman–Crippen MR) is 180 cm³/mol. The molecule has 0 unspecified atom stereocenters. The van der Waals surface area contributed by atoms with E-state index in [0.717, 1.165) is 86.3 Å². The normalized spacial score (nSPS) is 17.9. The summed E-state index contributed by atoms with van der Waals surface area (Å²) in [6.07, 6.45) is 10.5. The molecular weight excluding hydrogens is 602 g/mol. The topological polar surface area (TPSA) is 139 Å². The molecule has 2 amide bonds. The molecule has 4 heterocycles. The number of unbranched alkanes of at least 4 members (excludes halogenated alkanes) is 2. The van der Waals surface area contributed by atoms with Gasteiger partial charge in [0.15, 0.2) is 0 Å². The molecule has 5 rings (SSSR count). The van der Waals surface area contributed by atoms with Crippen molar-refractivity contribution in [1.82, 2.24) is 35.5 Å². The van der Waals surface area contributed by atoms with Crippen LogP contribution in [-0.2, 0) is 11.2 Å². The maximum atomic E-state index is 13.4. The van der Waals surface area contributed by atoms with E-state index in [9.17, 15) is 14.7 Å². The maximum absolute atomic E-state index is 13.4. The van der Waals surface area contributed by atoms with Crippen LogP contribution in [0, 0.1) is 29.6 Å². The molecule has 3 atom stereocenters. The van der Waals surface area contributed by atoms with Crippen LogP contribution in [0.4, 0.5) is 4.79 Å². The standard InChI is InChI=1S/C35H43N7O3.ClH/c1-4-5-6-12-25-20-26(17-16-24(25)11-7-8-13-27-21-37-32(39-27)28-14-9-18-36-28)29-22-38-33(40-29)30-15-10-19-42(30)34(43)31(23(2)3)41-35(44)45;/h16-17,20-23,28,30-31,36,41H,4-6,9-10,12,14-15,18-19H2,1-3H3,(H,37,39)(H,38,40)(H,44,45);1H/t28-,30-,31-;/m0./s1. The Labute approximate surface area is 277 Å². The Hall–Kier alpha value is -4.25. The minimum Gasteiger partial charge on any atom is -0.465 e. The first-order valence-electron chi connectivity index (χ1n) is 16.1. The second kappa shape index (κ2) is 16.4. The molecule has 46 heavy (non-hydrogen) atoms. The summed E-state index contributed by atoms with van der Waals surface area (Å²) in [7, 11) is 0. The van der Waals surface area contributed by atoms with Crippen molar-refractivity contribution < 1.29 is 14.7 Å². The number of benzene rings is 1. The molecule has 2 saturated heterocycles. The van der Waals surface area contributed by atoms with E-state index in [-0.39, 0.29) is 36.3 Å². The number of carboxylic acid groups (broad SMARTS) is 1. The zero-order chi connectivity index (χ0) is 31.8. The SMILES string of the molecule is CCCCCc1cc(-c2cnc([C@@H]3CCCN3C(=O)[C@@H](NC(=O)O)C(C)C)[nH]2)ccc1C#CC#Cc1cnc([C@@H]2CCCN2)[nH]1.Cl. The molecular formula is C35H44ClN7O3. The van der Waals surface area contributed by atoms with Gasteiger partial charge >= 0.3 is 6.09 Å². The minimum atomic E-state index is -1.20. The number of amides is 2. The summed E-state index contributed by atoms with van der Waals surface area (Å²) in [4.78, 5) is 42.4. The first-order chi connectivity index (χ1) is 21.8.